The zero-order valence-corrected chi connectivity index (χ0v) is 14.9. The molecule has 0 spiro atoms. The Hall–Kier alpha value is -2.91. The van der Waals surface area contributed by atoms with Gasteiger partial charge >= 0.3 is 0 Å². The number of hydrogen-bond donors (Lipinski definition) is 2. The lowest BCUT2D eigenvalue weighted by atomic mass is 9.96. The lowest BCUT2D eigenvalue weighted by Crippen LogP contribution is -2.39. The predicted octanol–water partition coefficient (Wildman–Crippen LogP) is 3.92. The fourth-order valence-electron chi connectivity index (χ4n) is 2.86. The molecule has 0 bridgehead atoms. The summed E-state index contributed by atoms with van der Waals surface area (Å²) in [5, 5.41) is 13.4. The van der Waals surface area contributed by atoms with Crippen molar-refractivity contribution in [2.75, 3.05) is 6.54 Å². The molecule has 3 aromatic rings. The van der Waals surface area contributed by atoms with Crippen molar-refractivity contribution in [2.45, 2.75) is 18.9 Å². The van der Waals surface area contributed by atoms with Gasteiger partial charge < -0.3 is 10.4 Å². The number of hydrogen-bond acceptors (Lipinski definition) is 2. The predicted molar refractivity (Wildman–Crippen MR) is 105 cm³/mol. The standard InChI is InChI=1S/C23H23NO2/c1-23(26,21-10-6-3-7-11-21)17-24-22(25)16-18-12-14-20(15-13-18)19-8-4-2-5-9-19/h2-15,26H,16-17H2,1H3,(H,24,25). The molecule has 0 radical (unpaired) electrons. The molecule has 0 aliphatic heterocycles. The van der Waals surface area contributed by atoms with E-state index in [1.807, 2.05) is 72.8 Å². The van der Waals surface area contributed by atoms with Gasteiger partial charge in [0, 0.05) is 0 Å². The van der Waals surface area contributed by atoms with Crippen molar-refractivity contribution >= 4 is 5.91 Å². The molecule has 1 atom stereocenters. The fourth-order valence-corrected chi connectivity index (χ4v) is 2.86. The second-order valence-electron chi connectivity index (χ2n) is 6.66. The van der Waals surface area contributed by atoms with Gasteiger partial charge in [-0.25, -0.2) is 0 Å². The average Bonchev–Trinajstić information content (AvgIpc) is 2.68. The van der Waals surface area contributed by atoms with Gasteiger partial charge in [-0.3, -0.25) is 4.79 Å². The highest BCUT2D eigenvalue weighted by molar-refractivity contribution is 5.79. The number of aliphatic hydroxyl groups is 1. The molecule has 3 rings (SSSR count). The largest absolute Gasteiger partial charge is 0.384 e. The highest BCUT2D eigenvalue weighted by Gasteiger charge is 2.23. The highest BCUT2D eigenvalue weighted by Crippen LogP contribution is 2.20. The van der Waals surface area contributed by atoms with Gasteiger partial charge in [0.25, 0.3) is 0 Å². The van der Waals surface area contributed by atoms with Crippen LogP contribution in [0, 0.1) is 0 Å². The molecule has 0 aromatic heterocycles. The van der Waals surface area contributed by atoms with Crippen LogP contribution in [-0.2, 0) is 16.8 Å². The van der Waals surface area contributed by atoms with E-state index in [2.05, 4.69) is 17.4 Å². The molecule has 3 heteroatoms. The third-order valence-electron chi connectivity index (χ3n) is 4.45. The van der Waals surface area contributed by atoms with E-state index < -0.39 is 5.60 Å². The summed E-state index contributed by atoms with van der Waals surface area (Å²) in [5.74, 6) is -0.103. The zero-order valence-electron chi connectivity index (χ0n) is 14.9. The number of carbonyl (C=O) groups excluding carboxylic acids is 1. The number of nitrogens with one attached hydrogen (secondary N) is 1. The van der Waals surface area contributed by atoms with E-state index in [-0.39, 0.29) is 12.5 Å². The zero-order chi connectivity index (χ0) is 18.4. The van der Waals surface area contributed by atoms with Crippen molar-refractivity contribution in [1.29, 1.82) is 0 Å². The van der Waals surface area contributed by atoms with Gasteiger partial charge in [0.05, 0.1) is 13.0 Å². The monoisotopic (exact) mass is 345 g/mol. The molecule has 0 aliphatic carbocycles. The Morgan fingerprint density at radius 3 is 2.00 bits per heavy atom. The lowest BCUT2D eigenvalue weighted by molar-refractivity contribution is -0.121. The molecule has 0 fully saturated rings. The lowest BCUT2D eigenvalue weighted by Gasteiger charge is -2.24. The van der Waals surface area contributed by atoms with Crippen molar-refractivity contribution in [3.8, 4) is 11.1 Å². The Bertz CT molecular complexity index is 840. The van der Waals surface area contributed by atoms with E-state index in [0.717, 1.165) is 22.3 Å². The average molecular weight is 345 g/mol. The summed E-state index contributed by atoms with van der Waals surface area (Å²) < 4.78 is 0. The summed E-state index contributed by atoms with van der Waals surface area (Å²) in [5.41, 5.74) is 2.92. The topological polar surface area (TPSA) is 49.3 Å². The maximum atomic E-state index is 12.2. The van der Waals surface area contributed by atoms with E-state index in [4.69, 9.17) is 0 Å². The first kappa shape index (κ1) is 17.9. The van der Waals surface area contributed by atoms with E-state index in [0.29, 0.717) is 6.42 Å². The summed E-state index contributed by atoms with van der Waals surface area (Å²) in [4.78, 5) is 12.2. The van der Waals surface area contributed by atoms with Gasteiger partial charge in [0.1, 0.15) is 5.60 Å². The van der Waals surface area contributed by atoms with Crippen LogP contribution in [0.15, 0.2) is 84.9 Å². The van der Waals surface area contributed by atoms with Gasteiger partial charge in [-0.1, -0.05) is 84.9 Å². The molecule has 1 amide bonds. The van der Waals surface area contributed by atoms with E-state index >= 15 is 0 Å². The number of carbonyl (C=O) groups is 1. The molecule has 0 saturated heterocycles. The van der Waals surface area contributed by atoms with Gasteiger partial charge in [-0.05, 0) is 29.2 Å². The van der Waals surface area contributed by atoms with E-state index in [1.165, 1.54) is 0 Å². The first-order chi connectivity index (χ1) is 12.5. The van der Waals surface area contributed by atoms with E-state index in [9.17, 15) is 9.90 Å². The smallest absolute Gasteiger partial charge is 0.224 e. The van der Waals surface area contributed by atoms with Gasteiger partial charge in [-0.2, -0.15) is 0 Å². The molecule has 3 nitrogen and oxygen atoms in total. The number of amides is 1. The number of benzene rings is 3. The maximum Gasteiger partial charge on any atom is 0.224 e. The van der Waals surface area contributed by atoms with Crippen LogP contribution in [0.3, 0.4) is 0 Å². The molecular weight excluding hydrogens is 322 g/mol. The van der Waals surface area contributed by atoms with Crippen LogP contribution in [0.5, 0.6) is 0 Å². The van der Waals surface area contributed by atoms with Crippen molar-refractivity contribution in [3.05, 3.63) is 96.1 Å². The van der Waals surface area contributed by atoms with Crippen LogP contribution in [0.4, 0.5) is 0 Å². The minimum atomic E-state index is -1.09. The Balaban J connectivity index is 1.57. The summed E-state index contributed by atoms with van der Waals surface area (Å²) in [6.07, 6.45) is 0.292. The normalized spacial score (nSPS) is 13.0. The molecule has 0 saturated carbocycles. The van der Waals surface area contributed by atoms with Crippen molar-refractivity contribution in [2.24, 2.45) is 0 Å². The quantitative estimate of drug-likeness (QED) is 0.711. The van der Waals surface area contributed by atoms with E-state index in [1.54, 1.807) is 6.92 Å². The van der Waals surface area contributed by atoms with Crippen LogP contribution in [0.2, 0.25) is 0 Å². The molecular formula is C23H23NO2. The Morgan fingerprint density at radius 2 is 1.38 bits per heavy atom. The fraction of sp³-hybridized carbons (Fsp3) is 0.174. The molecule has 132 valence electrons. The van der Waals surface area contributed by atoms with Crippen LogP contribution >= 0.6 is 0 Å². The molecule has 0 heterocycles. The molecule has 1 unspecified atom stereocenters. The summed E-state index contributed by atoms with van der Waals surface area (Å²) >= 11 is 0. The van der Waals surface area contributed by atoms with Crippen LogP contribution < -0.4 is 5.32 Å². The van der Waals surface area contributed by atoms with Crippen molar-refractivity contribution in [3.63, 3.8) is 0 Å². The van der Waals surface area contributed by atoms with Gasteiger partial charge in [0.2, 0.25) is 5.91 Å². The highest BCUT2D eigenvalue weighted by atomic mass is 16.3. The van der Waals surface area contributed by atoms with Gasteiger partial charge in [-0.15, -0.1) is 0 Å². The van der Waals surface area contributed by atoms with Crippen LogP contribution in [0.1, 0.15) is 18.1 Å². The number of rotatable bonds is 6. The first-order valence-electron chi connectivity index (χ1n) is 8.73. The summed E-state index contributed by atoms with van der Waals surface area (Å²) in [6, 6.07) is 27.5. The molecule has 3 aromatic carbocycles. The Labute approximate surface area is 154 Å². The summed E-state index contributed by atoms with van der Waals surface area (Å²) in [7, 11) is 0. The second kappa shape index (κ2) is 7.98. The molecule has 26 heavy (non-hydrogen) atoms. The van der Waals surface area contributed by atoms with Crippen molar-refractivity contribution in [1.82, 2.24) is 5.32 Å². The van der Waals surface area contributed by atoms with Gasteiger partial charge in [0.15, 0.2) is 0 Å². The SMILES string of the molecule is CC(O)(CNC(=O)Cc1ccc(-c2ccccc2)cc1)c1ccccc1. The Kier molecular flexibility index (Phi) is 5.49. The molecule has 0 aliphatic rings. The summed E-state index contributed by atoms with van der Waals surface area (Å²) in [6.45, 7) is 1.88. The van der Waals surface area contributed by atoms with Crippen molar-refractivity contribution < 1.29 is 9.90 Å². The second-order valence-corrected chi connectivity index (χ2v) is 6.66. The third kappa shape index (κ3) is 4.58. The minimum absolute atomic E-state index is 0.103. The minimum Gasteiger partial charge on any atom is -0.384 e. The molecule has 2 N–H and O–H groups in total. The third-order valence-corrected chi connectivity index (χ3v) is 4.45. The Morgan fingerprint density at radius 1 is 0.846 bits per heavy atom. The maximum absolute atomic E-state index is 12.2. The first-order valence-corrected chi connectivity index (χ1v) is 8.73. The van der Waals surface area contributed by atoms with Crippen LogP contribution in [0.25, 0.3) is 11.1 Å². The van der Waals surface area contributed by atoms with Crippen LogP contribution in [-0.4, -0.2) is 17.6 Å².